The number of carbonyl (C=O) groups is 2. The van der Waals surface area contributed by atoms with Crippen molar-refractivity contribution in [3.05, 3.63) is 41.4 Å². The molecule has 2 fully saturated rings. The Morgan fingerprint density at radius 3 is 2.00 bits per heavy atom. The Morgan fingerprint density at radius 1 is 0.947 bits per heavy atom. The van der Waals surface area contributed by atoms with Gasteiger partial charge in [-0.2, -0.15) is 0 Å². The number of benzene rings is 1. The third-order valence-electron chi connectivity index (χ3n) is 4.00. The molecule has 0 aliphatic carbocycles. The zero-order valence-corrected chi connectivity index (χ0v) is 10.6. The molecule has 0 aromatic heterocycles. The van der Waals surface area contributed by atoms with Gasteiger partial charge >= 0.3 is 0 Å². The minimum atomic E-state index is -0.363. The van der Waals surface area contributed by atoms with Crippen molar-refractivity contribution in [2.45, 2.75) is 12.2 Å². The van der Waals surface area contributed by atoms with E-state index in [2.05, 4.69) is 0 Å². The molecular weight excluding hydrogens is 266 g/mol. The van der Waals surface area contributed by atoms with Crippen molar-refractivity contribution >= 4 is 29.1 Å². The van der Waals surface area contributed by atoms with Crippen LogP contribution in [0.25, 0.3) is 0 Å². The lowest BCUT2D eigenvalue weighted by atomic mass is 9.85. The molecular formula is C14H10ClNO3. The molecule has 3 heterocycles. The second-order valence-electron chi connectivity index (χ2n) is 4.99. The molecule has 2 saturated heterocycles. The third-order valence-corrected chi connectivity index (χ3v) is 4.25. The molecule has 4 rings (SSSR count). The van der Waals surface area contributed by atoms with Gasteiger partial charge in [-0.25, -0.2) is 4.90 Å². The van der Waals surface area contributed by atoms with Gasteiger partial charge in [-0.3, -0.25) is 9.59 Å². The maximum absolute atomic E-state index is 12.4. The van der Waals surface area contributed by atoms with Crippen molar-refractivity contribution in [3.8, 4) is 0 Å². The first-order chi connectivity index (χ1) is 9.16. The first-order valence-electron chi connectivity index (χ1n) is 6.14. The van der Waals surface area contributed by atoms with E-state index in [1.165, 1.54) is 4.90 Å². The molecule has 3 aliphatic rings. The Labute approximate surface area is 114 Å². The zero-order chi connectivity index (χ0) is 13.1. The first-order valence-corrected chi connectivity index (χ1v) is 6.52. The van der Waals surface area contributed by atoms with Gasteiger partial charge in [-0.1, -0.05) is 23.8 Å². The lowest BCUT2D eigenvalue weighted by Gasteiger charge is -2.17. The highest BCUT2D eigenvalue weighted by molar-refractivity contribution is 6.30. The summed E-state index contributed by atoms with van der Waals surface area (Å²) < 4.78 is 5.58. The van der Waals surface area contributed by atoms with Crippen molar-refractivity contribution in [1.82, 2.24) is 0 Å². The van der Waals surface area contributed by atoms with Crippen LogP contribution in [0.4, 0.5) is 5.69 Å². The van der Waals surface area contributed by atoms with E-state index in [0.717, 1.165) is 0 Å². The zero-order valence-electron chi connectivity index (χ0n) is 9.82. The summed E-state index contributed by atoms with van der Waals surface area (Å²) in [4.78, 5) is 26.1. The summed E-state index contributed by atoms with van der Waals surface area (Å²) >= 11 is 5.82. The molecule has 4 nitrogen and oxygen atoms in total. The van der Waals surface area contributed by atoms with Gasteiger partial charge in [0.25, 0.3) is 0 Å². The number of ether oxygens (including phenoxy) is 1. The number of anilines is 1. The van der Waals surface area contributed by atoms with E-state index in [-0.39, 0.29) is 35.9 Å². The van der Waals surface area contributed by atoms with E-state index < -0.39 is 0 Å². The normalized spacial score (nSPS) is 35.3. The molecule has 2 amide bonds. The molecule has 0 unspecified atom stereocenters. The molecule has 5 heteroatoms. The summed E-state index contributed by atoms with van der Waals surface area (Å²) in [5.41, 5.74) is 0.577. The van der Waals surface area contributed by atoms with E-state index >= 15 is 0 Å². The molecule has 0 N–H and O–H groups in total. The van der Waals surface area contributed by atoms with E-state index in [1.807, 2.05) is 12.2 Å². The Kier molecular flexibility index (Phi) is 2.17. The maximum atomic E-state index is 12.4. The largest absolute Gasteiger partial charge is 0.365 e. The van der Waals surface area contributed by atoms with Crippen molar-refractivity contribution in [2.24, 2.45) is 11.8 Å². The minimum absolute atomic E-state index is 0.172. The molecule has 96 valence electrons. The lowest BCUT2D eigenvalue weighted by molar-refractivity contribution is -0.124. The monoisotopic (exact) mass is 275 g/mol. The molecule has 2 bridgehead atoms. The van der Waals surface area contributed by atoms with Gasteiger partial charge in [-0.15, -0.1) is 0 Å². The van der Waals surface area contributed by atoms with Gasteiger partial charge in [0.05, 0.1) is 29.7 Å². The molecule has 0 radical (unpaired) electrons. The van der Waals surface area contributed by atoms with Gasteiger partial charge < -0.3 is 4.74 Å². The van der Waals surface area contributed by atoms with Crippen molar-refractivity contribution < 1.29 is 14.3 Å². The highest BCUT2D eigenvalue weighted by atomic mass is 35.5. The highest BCUT2D eigenvalue weighted by Crippen LogP contribution is 2.46. The number of hydrogen-bond donors (Lipinski definition) is 0. The average molecular weight is 276 g/mol. The number of carbonyl (C=O) groups excluding carboxylic acids is 2. The van der Waals surface area contributed by atoms with Crippen LogP contribution in [0.3, 0.4) is 0 Å². The number of nitrogens with zero attached hydrogens (tertiary/aromatic N) is 1. The number of rotatable bonds is 1. The summed E-state index contributed by atoms with van der Waals surface area (Å²) in [7, 11) is 0. The first kappa shape index (κ1) is 11.2. The fourth-order valence-electron chi connectivity index (χ4n) is 3.15. The van der Waals surface area contributed by atoms with Crippen LogP contribution < -0.4 is 4.90 Å². The number of amides is 2. The van der Waals surface area contributed by atoms with Gasteiger partial charge in [0.2, 0.25) is 11.8 Å². The van der Waals surface area contributed by atoms with Gasteiger partial charge in [0, 0.05) is 5.02 Å². The fraction of sp³-hybridized carbons (Fsp3) is 0.286. The van der Waals surface area contributed by atoms with Crippen LogP contribution in [0.5, 0.6) is 0 Å². The topological polar surface area (TPSA) is 46.6 Å². The second-order valence-corrected chi connectivity index (χ2v) is 5.43. The molecule has 1 aromatic carbocycles. The molecule has 0 saturated carbocycles. The summed E-state index contributed by atoms with van der Waals surface area (Å²) in [5, 5.41) is 0.577. The van der Waals surface area contributed by atoms with Crippen LogP contribution >= 0.6 is 11.6 Å². The summed E-state index contributed by atoms with van der Waals surface area (Å²) in [6, 6.07) is 6.73. The Balaban J connectivity index is 1.74. The van der Waals surface area contributed by atoms with E-state index in [4.69, 9.17) is 16.3 Å². The summed E-state index contributed by atoms with van der Waals surface area (Å²) in [6.07, 6.45) is 3.26. The van der Waals surface area contributed by atoms with Gasteiger partial charge in [0.1, 0.15) is 0 Å². The van der Waals surface area contributed by atoms with E-state index in [1.54, 1.807) is 24.3 Å². The number of fused-ring (bicyclic) bond motifs is 5. The van der Waals surface area contributed by atoms with Crippen LogP contribution in [0, 0.1) is 11.8 Å². The fourth-order valence-corrected chi connectivity index (χ4v) is 3.27. The molecule has 3 aliphatic heterocycles. The molecule has 4 atom stereocenters. The smallest absolute Gasteiger partial charge is 0.240 e. The Morgan fingerprint density at radius 2 is 1.47 bits per heavy atom. The highest BCUT2D eigenvalue weighted by Gasteiger charge is 2.60. The third kappa shape index (κ3) is 1.38. The quantitative estimate of drug-likeness (QED) is 0.580. The van der Waals surface area contributed by atoms with Crippen molar-refractivity contribution in [2.75, 3.05) is 4.90 Å². The predicted molar refractivity (Wildman–Crippen MR) is 68.7 cm³/mol. The number of imide groups is 1. The van der Waals surface area contributed by atoms with Crippen LogP contribution in [-0.4, -0.2) is 24.0 Å². The minimum Gasteiger partial charge on any atom is -0.365 e. The average Bonchev–Trinajstić information content (AvgIpc) is 3.06. The van der Waals surface area contributed by atoms with Crippen molar-refractivity contribution in [3.63, 3.8) is 0 Å². The van der Waals surface area contributed by atoms with Crippen LogP contribution in [0.1, 0.15) is 0 Å². The van der Waals surface area contributed by atoms with E-state index in [0.29, 0.717) is 10.7 Å². The maximum Gasteiger partial charge on any atom is 0.240 e. The van der Waals surface area contributed by atoms with Crippen LogP contribution in [0.2, 0.25) is 5.02 Å². The number of halogens is 1. The number of hydrogen-bond acceptors (Lipinski definition) is 3. The van der Waals surface area contributed by atoms with Gasteiger partial charge in [0.15, 0.2) is 0 Å². The molecule has 19 heavy (non-hydrogen) atoms. The standard InChI is InChI=1S/C14H10ClNO3/c15-7-1-3-8(4-2-7)16-13(17)11-9-5-6-10(19-9)12(11)14(16)18/h1-6,9-12H/t9-,10-,11+,12+/m1/s1. The molecule has 1 aromatic rings. The summed E-state index contributed by atoms with van der Waals surface area (Å²) in [6.45, 7) is 0. The van der Waals surface area contributed by atoms with E-state index in [9.17, 15) is 9.59 Å². The molecule has 0 spiro atoms. The van der Waals surface area contributed by atoms with Crippen molar-refractivity contribution in [1.29, 1.82) is 0 Å². The Bertz CT molecular complexity index is 580. The summed E-state index contributed by atoms with van der Waals surface area (Å²) in [5.74, 6) is -1.07. The second kappa shape index (κ2) is 3.68. The SMILES string of the molecule is O=C1[C@@H]2[C@@H](C(=O)N1c1ccc(Cl)cc1)[C@H]1C=C[C@H]2O1. The van der Waals surface area contributed by atoms with Crippen LogP contribution in [0.15, 0.2) is 36.4 Å². The lowest BCUT2D eigenvalue weighted by Crippen LogP contribution is -2.34. The van der Waals surface area contributed by atoms with Crippen LogP contribution in [-0.2, 0) is 14.3 Å². The predicted octanol–water partition coefficient (Wildman–Crippen LogP) is 1.78. The Hall–Kier alpha value is -1.65. The van der Waals surface area contributed by atoms with Gasteiger partial charge in [-0.05, 0) is 24.3 Å².